The van der Waals surface area contributed by atoms with Crippen LogP contribution in [-0.4, -0.2) is 22.5 Å². The maximum absolute atomic E-state index is 11.8. The predicted octanol–water partition coefficient (Wildman–Crippen LogP) is 2.09. The third-order valence-electron chi connectivity index (χ3n) is 2.80. The molecule has 0 bridgehead atoms. The number of aliphatic carboxylic acids is 1. The lowest BCUT2D eigenvalue weighted by Crippen LogP contribution is -2.59. The topological polar surface area (TPSA) is 66.4 Å². The van der Waals surface area contributed by atoms with Gasteiger partial charge in [-0.1, -0.05) is 0 Å². The molecule has 0 aliphatic heterocycles. The van der Waals surface area contributed by atoms with Gasteiger partial charge in [0.1, 0.15) is 5.54 Å². The van der Waals surface area contributed by atoms with Crippen LogP contribution in [0.15, 0.2) is 11.4 Å². The van der Waals surface area contributed by atoms with Crippen LogP contribution in [-0.2, 0) is 4.79 Å². The van der Waals surface area contributed by atoms with Crippen LogP contribution in [0.4, 0.5) is 0 Å². The Kier molecular flexibility index (Phi) is 3.20. The number of nitrogens with one attached hydrogen (secondary N) is 1. The molecule has 0 radical (unpaired) electrons. The predicted molar refractivity (Wildman–Crippen MR) is 68.7 cm³/mol. The number of hydrogen-bond donors (Lipinski definition) is 2. The van der Waals surface area contributed by atoms with Crippen molar-refractivity contribution in [3.8, 4) is 0 Å². The second kappa shape index (κ2) is 4.33. The molecule has 16 heavy (non-hydrogen) atoms. The highest BCUT2D eigenvalue weighted by Crippen LogP contribution is 2.32. The molecule has 0 atom stereocenters. The van der Waals surface area contributed by atoms with Crippen molar-refractivity contribution in [2.24, 2.45) is 0 Å². The highest BCUT2D eigenvalue weighted by atomic mass is 127. The number of carbonyl (C=O) groups excluding carboxylic acids is 1. The van der Waals surface area contributed by atoms with Crippen LogP contribution >= 0.6 is 33.9 Å². The first-order chi connectivity index (χ1) is 7.53. The fourth-order valence-corrected chi connectivity index (χ4v) is 2.97. The van der Waals surface area contributed by atoms with Crippen LogP contribution in [0.3, 0.4) is 0 Å². The molecular weight excluding hydrogens is 341 g/mol. The van der Waals surface area contributed by atoms with Crippen molar-refractivity contribution < 1.29 is 14.7 Å². The first kappa shape index (κ1) is 11.8. The number of carbonyl (C=O) groups is 2. The van der Waals surface area contributed by atoms with E-state index in [-0.39, 0.29) is 5.91 Å². The second-order valence-corrected chi connectivity index (χ2v) is 6.64. The molecule has 86 valence electrons. The largest absolute Gasteiger partial charge is 0.480 e. The summed E-state index contributed by atoms with van der Waals surface area (Å²) in [6, 6.07) is 1.76. The molecular formula is C10H10INO3S. The molecule has 1 heterocycles. The molecule has 1 saturated carbocycles. The lowest BCUT2D eigenvalue weighted by molar-refractivity contribution is -0.148. The smallest absolute Gasteiger partial charge is 0.329 e. The third kappa shape index (κ3) is 2.08. The molecule has 6 heteroatoms. The van der Waals surface area contributed by atoms with E-state index in [1.165, 1.54) is 11.3 Å². The van der Waals surface area contributed by atoms with Crippen molar-refractivity contribution in [1.29, 1.82) is 0 Å². The van der Waals surface area contributed by atoms with Crippen molar-refractivity contribution in [3.63, 3.8) is 0 Å². The van der Waals surface area contributed by atoms with E-state index >= 15 is 0 Å². The molecule has 1 fully saturated rings. The summed E-state index contributed by atoms with van der Waals surface area (Å²) in [7, 11) is 0. The lowest BCUT2D eigenvalue weighted by Gasteiger charge is -2.38. The number of thiophene rings is 1. The summed E-state index contributed by atoms with van der Waals surface area (Å²) in [5.74, 6) is -1.22. The second-order valence-electron chi connectivity index (χ2n) is 3.83. The molecule has 2 rings (SSSR count). The van der Waals surface area contributed by atoms with Crippen molar-refractivity contribution in [3.05, 3.63) is 19.9 Å². The summed E-state index contributed by atoms with van der Waals surface area (Å²) in [4.78, 5) is 22.9. The first-order valence-corrected chi connectivity index (χ1v) is 6.79. The van der Waals surface area contributed by atoms with Crippen LogP contribution in [0.25, 0.3) is 0 Å². The minimum absolute atomic E-state index is 0.290. The number of amides is 1. The van der Waals surface area contributed by atoms with E-state index in [1.54, 1.807) is 11.4 Å². The molecule has 1 aliphatic carbocycles. The van der Waals surface area contributed by atoms with E-state index in [9.17, 15) is 9.59 Å². The van der Waals surface area contributed by atoms with E-state index in [1.807, 2.05) is 0 Å². The average molecular weight is 351 g/mol. The summed E-state index contributed by atoms with van der Waals surface area (Å²) in [6.45, 7) is 0. The van der Waals surface area contributed by atoms with E-state index in [0.717, 1.165) is 9.30 Å². The normalized spacial score (nSPS) is 17.6. The third-order valence-corrected chi connectivity index (χ3v) is 4.59. The van der Waals surface area contributed by atoms with Gasteiger partial charge in [0.15, 0.2) is 0 Å². The van der Waals surface area contributed by atoms with Crippen molar-refractivity contribution in [2.75, 3.05) is 0 Å². The summed E-state index contributed by atoms with van der Waals surface area (Å²) in [5.41, 5.74) is -0.480. The molecule has 2 N–H and O–H groups in total. The van der Waals surface area contributed by atoms with Crippen molar-refractivity contribution >= 4 is 45.8 Å². The molecule has 1 aromatic heterocycles. The van der Waals surface area contributed by atoms with Crippen molar-refractivity contribution in [2.45, 2.75) is 24.8 Å². The van der Waals surface area contributed by atoms with Crippen LogP contribution in [0.2, 0.25) is 0 Å². The molecule has 0 saturated heterocycles. The number of rotatable bonds is 3. The fraction of sp³-hybridized carbons (Fsp3) is 0.400. The van der Waals surface area contributed by atoms with Gasteiger partial charge in [0, 0.05) is 5.38 Å². The number of halogens is 1. The van der Waals surface area contributed by atoms with E-state index in [4.69, 9.17) is 5.11 Å². The average Bonchev–Trinajstić information content (AvgIpc) is 2.57. The lowest BCUT2D eigenvalue weighted by atomic mass is 9.76. The molecule has 0 unspecified atom stereocenters. The molecule has 1 aliphatic rings. The van der Waals surface area contributed by atoms with Gasteiger partial charge in [-0.05, 0) is 47.9 Å². The van der Waals surface area contributed by atoms with E-state index in [2.05, 4.69) is 27.9 Å². The van der Waals surface area contributed by atoms with E-state index < -0.39 is 11.5 Å². The van der Waals surface area contributed by atoms with Crippen LogP contribution in [0, 0.1) is 2.88 Å². The summed E-state index contributed by atoms with van der Waals surface area (Å²) in [6.07, 6.45) is 1.90. The number of hydrogen-bond acceptors (Lipinski definition) is 3. The first-order valence-electron chi connectivity index (χ1n) is 4.83. The Balaban J connectivity index is 2.10. The van der Waals surface area contributed by atoms with Crippen LogP contribution in [0.1, 0.15) is 29.6 Å². The Bertz CT molecular complexity index is 439. The summed E-state index contributed by atoms with van der Waals surface area (Å²) >= 11 is 3.60. The molecule has 4 nitrogen and oxygen atoms in total. The minimum Gasteiger partial charge on any atom is -0.480 e. The van der Waals surface area contributed by atoms with E-state index in [0.29, 0.717) is 18.4 Å². The zero-order valence-electron chi connectivity index (χ0n) is 8.33. The van der Waals surface area contributed by atoms with Gasteiger partial charge in [-0.15, -0.1) is 11.3 Å². The molecule has 1 aromatic rings. The Morgan fingerprint density at radius 2 is 2.19 bits per heavy atom. The van der Waals surface area contributed by atoms with Crippen LogP contribution < -0.4 is 5.32 Å². The Hall–Kier alpha value is -0.630. The summed E-state index contributed by atoms with van der Waals surface area (Å²) < 4.78 is 1.01. The quantitative estimate of drug-likeness (QED) is 0.820. The van der Waals surface area contributed by atoms with Crippen molar-refractivity contribution in [1.82, 2.24) is 5.32 Å². The van der Waals surface area contributed by atoms with Gasteiger partial charge in [-0.3, -0.25) is 4.79 Å². The standard InChI is InChI=1S/C10H10INO3S/c11-7-4-6(5-16-7)8(13)12-10(9(14)15)2-1-3-10/h4-5H,1-3H2,(H,12,13)(H,14,15). The maximum atomic E-state index is 11.8. The SMILES string of the molecule is O=C(NC1(C(=O)O)CCC1)c1csc(I)c1. The zero-order valence-corrected chi connectivity index (χ0v) is 11.3. The van der Waals surface area contributed by atoms with Gasteiger partial charge in [-0.25, -0.2) is 4.79 Å². The molecule has 1 amide bonds. The Labute approximate surface area is 110 Å². The fourth-order valence-electron chi connectivity index (χ4n) is 1.64. The summed E-state index contributed by atoms with van der Waals surface area (Å²) in [5, 5.41) is 13.4. The van der Waals surface area contributed by atoms with Crippen LogP contribution in [0.5, 0.6) is 0 Å². The number of carboxylic acid groups (broad SMARTS) is 1. The Morgan fingerprint density at radius 1 is 1.50 bits per heavy atom. The zero-order chi connectivity index (χ0) is 11.8. The van der Waals surface area contributed by atoms with Gasteiger partial charge in [0.2, 0.25) is 0 Å². The maximum Gasteiger partial charge on any atom is 0.329 e. The Morgan fingerprint density at radius 3 is 2.56 bits per heavy atom. The molecule has 0 spiro atoms. The van der Waals surface area contributed by atoms with Gasteiger partial charge < -0.3 is 10.4 Å². The minimum atomic E-state index is -1.02. The van der Waals surface area contributed by atoms with Gasteiger partial charge >= 0.3 is 5.97 Å². The number of carboxylic acids is 1. The van der Waals surface area contributed by atoms with Gasteiger partial charge in [-0.2, -0.15) is 0 Å². The monoisotopic (exact) mass is 351 g/mol. The molecule has 0 aromatic carbocycles. The van der Waals surface area contributed by atoms with Gasteiger partial charge in [0.05, 0.1) is 8.45 Å². The highest BCUT2D eigenvalue weighted by Gasteiger charge is 2.45. The highest BCUT2D eigenvalue weighted by molar-refractivity contribution is 14.1. The van der Waals surface area contributed by atoms with Gasteiger partial charge in [0.25, 0.3) is 5.91 Å².